The van der Waals surface area contributed by atoms with E-state index in [1.54, 1.807) is 16.6 Å². The van der Waals surface area contributed by atoms with Gasteiger partial charge in [0.2, 0.25) is 11.8 Å². The number of aromatic nitrogens is 1. The van der Waals surface area contributed by atoms with Crippen LogP contribution >= 0.6 is 11.3 Å². The summed E-state index contributed by atoms with van der Waals surface area (Å²) < 4.78 is 0. The molecule has 1 aliphatic heterocycles. The van der Waals surface area contributed by atoms with Crippen molar-refractivity contribution in [3.05, 3.63) is 16.6 Å². The van der Waals surface area contributed by atoms with Crippen LogP contribution in [0.5, 0.6) is 0 Å². The molecule has 0 aromatic carbocycles. The highest BCUT2D eigenvalue weighted by Gasteiger charge is 2.39. The minimum absolute atomic E-state index is 0.0191. The molecule has 6 heteroatoms. The molecule has 2 heterocycles. The Morgan fingerprint density at radius 3 is 2.65 bits per heavy atom. The lowest BCUT2D eigenvalue weighted by atomic mass is 10.0. The Hall–Kier alpha value is -1.43. The third-order valence-electron chi connectivity index (χ3n) is 3.53. The van der Waals surface area contributed by atoms with Crippen molar-refractivity contribution in [3.63, 3.8) is 0 Å². The van der Waals surface area contributed by atoms with Crippen molar-refractivity contribution in [1.82, 2.24) is 15.2 Å². The molecule has 1 aromatic heterocycles. The average molecular weight is 295 g/mol. The molecule has 2 rings (SSSR count). The molecule has 1 fully saturated rings. The number of hydrogen-bond acceptors (Lipinski definition) is 4. The van der Waals surface area contributed by atoms with E-state index in [0.29, 0.717) is 19.4 Å². The van der Waals surface area contributed by atoms with E-state index in [0.717, 1.165) is 17.7 Å². The Kier molecular flexibility index (Phi) is 5.11. The summed E-state index contributed by atoms with van der Waals surface area (Å²) in [7, 11) is 0. The second kappa shape index (κ2) is 6.83. The molecule has 1 saturated heterocycles. The number of thiazole rings is 1. The maximum Gasteiger partial charge on any atom is 0.246 e. The molecule has 0 saturated carbocycles. The van der Waals surface area contributed by atoms with Crippen LogP contribution in [-0.2, 0) is 16.1 Å². The number of amides is 2. The van der Waals surface area contributed by atoms with E-state index in [-0.39, 0.29) is 23.9 Å². The minimum Gasteiger partial charge on any atom is -0.343 e. The molecule has 1 N–H and O–H groups in total. The van der Waals surface area contributed by atoms with Crippen LogP contribution in [0.1, 0.15) is 44.4 Å². The summed E-state index contributed by atoms with van der Waals surface area (Å²) in [6, 6.07) is -0.712. The van der Waals surface area contributed by atoms with E-state index in [4.69, 9.17) is 0 Å². The molecule has 2 unspecified atom stereocenters. The van der Waals surface area contributed by atoms with Gasteiger partial charge in [0.1, 0.15) is 12.1 Å². The van der Waals surface area contributed by atoms with Crippen molar-refractivity contribution in [2.24, 2.45) is 0 Å². The largest absolute Gasteiger partial charge is 0.343 e. The summed E-state index contributed by atoms with van der Waals surface area (Å²) in [4.78, 5) is 31.6. The monoisotopic (exact) mass is 295 g/mol. The zero-order valence-electron chi connectivity index (χ0n) is 12.0. The molecule has 20 heavy (non-hydrogen) atoms. The van der Waals surface area contributed by atoms with Crippen LogP contribution in [-0.4, -0.2) is 33.8 Å². The first-order valence-electron chi connectivity index (χ1n) is 7.15. The number of piperazine rings is 1. The summed E-state index contributed by atoms with van der Waals surface area (Å²) >= 11 is 1.52. The summed E-state index contributed by atoms with van der Waals surface area (Å²) in [6.07, 6.45) is 4.92. The smallest absolute Gasteiger partial charge is 0.246 e. The normalized spacial score (nSPS) is 23.0. The van der Waals surface area contributed by atoms with E-state index in [1.807, 2.05) is 13.8 Å². The van der Waals surface area contributed by atoms with Gasteiger partial charge in [0.05, 0.1) is 12.1 Å². The van der Waals surface area contributed by atoms with Gasteiger partial charge in [-0.05, 0) is 12.8 Å². The fourth-order valence-electron chi connectivity index (χ4n) is 2.55. The highest BCUT2D eigenvalue weighted by Crippen LogP contribution is 2.21. The fourth-order valence-corrected chi connectivity index (χ4v) is 3.14. The highest BCUT2D eigenvalue weighted by atomic mass is 32.1. The van der Waals surface area contributed by atoms with Gasteiger partial charge in [-0.15, -0.1) is 11.3 Å². The third kappa shape index (κ3) is 3.17. The third-order valence-corrected chi connectivity index (χ3v) is 4.29. The van der Waals surface area contributed by atoms with Gasteiger partial charge >= 0.3 is 0 Å². The van der Waals surface area contributed by atoms with Gasteiger partial charge in [0.15, 0.2) is 0 Å². The van der Waals surface area contributed by atoms with Gasteiger partial charge in [-0.2, -0.15) is 0 Å². The predicted molar refractivity (Wildman–Crippen MR) is 78.2 cm³/mol. The van der Waals surface area contributed by atoms with E-state index in [2.05, 4.69) is 10.3 Å². The van der Waals surface area contributed by atoms with E-state index >= 15 is 0 Å². The molecule has 5 nitrogen and oxygen atoms in total. The van der Waals surface area contributed by atoms with Crippen LogP contribution in [0, 0.1) is 0 Å². The minimum atomic E-state index is -0.367. The number of carbonyl (C=O) groups is 2. The fraction of sp³-hybridized carbons (Fsp3) is 0.643. The Balaban J connectivity index is 2.19. The number of nitrogens with zero attached hydrogens (tertiary/aromatic N) is 2. The average Bonchev–Trinajstić information content (AvgIpc) is 2.93. The molecule has 1 aromatic rings. The zero-order chi connectivity index (χ0) is 14.5. The Labute approximate surface area is 123 Å². The van der Waals surface area contributed by atoms with Crippen LogP contribution in [0.2, 0.25) is 0 Å². The molecular formula is C14H21N3O2S. The van der Waals surface area contributed by atoms with Crippen LogP contribution in [0.4, 0.5) is 0 Å². The van der Waals surface area contributed by atoms with Gasteiger partial charge in [-0.25, -0.2) is 0 Å². The van der Waals surface area contributed by atoms with Crippen LogP contribution < -0.4 is 5.32 Å². The van der Waals surface area contributed by atoms with Gasteiger partial charge in [-0.3, -0.25) is 14.6 Å². The number of rotatable bonds is 6. The molecule has 1 aliphatic rings. The first-order chi connectivity index (χ1) is 9.67. The summed E-state index contributed by atoms with van der Waals surface area (Å²) in [6.45, 7) is 4.54. The van der Waals surface area contributed by atoms with Crippen LogP contribution in [0.3, 0.4) is 0 Å². The maximum atomic E-state index is 12.6. The summed E-state index contributed by atoms with van der Waals surface area (Å²) in [5.74, 6) is 0.0210. The van der Waals surface area contributed by atoms with Crippen LogP contribution in [0.25, 0.3) is 0 Å². The zero-order valence-corrected chi connectivity index (χ0v) is 12.8. The summed E-state index contributed by atoms with van der Waals surface area (Å²) in [5, 5.41) is 2.87. The first kappa shape index (κ1) is 15.0. The predicted octanol–water partition coefficient (Wildman–Crippen LogP) is 1.94. The number of carbonyl (C=O) groups excluding carboxylic acids is 2. The Morgan fingerprint density at radius 1 is 1.30 bits per heavy atom. The van der Waals surface area contributed by atoms with Gasteiger partial charge < -0.3 is 10.2 Å². The van der Waals surface area contributed by atoms with Crippen molar-refractivity contribution < 1.29 is 9.59 Å². The lowest BCUT2D eigenvalue weighted by Crippen LogP contribution is -2.62. The summed E-state index contributed by atoms with van der Waals surface area (Å²) in [5.41, 5.74) is 1.75. The van der Waals surface area contributed by atoms with Crippen molar-refractivity contribution >= 4 is 23.2 Å². The number of nitrogens with one attached hydrogen (secondary N) is 1. The molecule has 0 bridgehead atoms. The molecule has 0 radical (unpaired) electrons. The quantitative estimate of drug-likeness (QED) is 0.872. The molecule has 0 aliphatic carbocycles. The molecular weight excluding hydrogens is 274 g/mol. The lowest BCUT2D eigenvalue weighted by molar-refractivity contribution is -0.150. The Morgan fingerprint density at radius 2 is 2.05 bits per heavy atom. The SMILES string of the molecule is CCCC1NC(=O)C(CCC)N(Cc2cncs2)C1=O. The van der Waals surface area contributed by atoms with E-state index in [9.17, 15) is 9.59 Å². The van der Waals surface area contributed by atoms with Crippen molar-refractivity contribution in [1.29, 1.82) is 0 Å². The molecule has 2 atom stereocenters. The first-order valence-corrected chi connectivity index (χ1v) is 8.03. The lowest BCUT2D eigenvalue weighted by Gasteiger charge is -2.38. The maximum absolute atomic E-state index is 12.6. The molecule has 110 valence electrons. The second-order valence-electron chi connectivity index (χ2n) is 5.09. The van der Waals surface area contributed by atoms with Gasteiger partial charge in [0.25, 0.3) is 0 Å². The van der Waals surface area contributed by atoms with Crippen molar-refractivity contribution in [3.8, 4) is 0 Å². The molecule has 2 amide bonds. The Bertz CT molecular complexity index is 461. The molecule has 0 spiro atoms. The van der Waals surface area contributed by atoms with Crippen molar-refractivity contribution in [2.45, 2.75) is 58.2 Å². The van der Waals surface area contributed by atoms with Gasteiger partial charge in [0, 0.05) is 11.1 Å². The highest BCUT2D eigenvalue weighted by molar-refractivity contribution is 7.09. The second-order valence-corrected chi connectivity index (χ2v) is 6.06. The standard InChI is InChI=1S/C14H21N3O2S/c1-3-5-11-14(19)17(8-10-7-15-9-20-10)12(6-4-2)13(18)16-11/h7,9,11-12H,3-6,8H2,1-2H3,(H,16,18). The number of hydrogen-bond donors (Lipinski definition) is 1. The van der Waals surface area contributed by atoms with E-state index < -0.39 is 0 Å². The topological polar surface area (TPSA) is 62.3 Å². The van der Waals surface area contributed by atoms with Gasteiger partial charge in [-0.1, -0.05) is 26.7 Å². The van der Waals surface area contributed by atoms with Crippen LogP contribution in [0.15, 0.2) is 11.7 Å². The van der Waals surface area contributed by atoms with Crippen molar-refractivity contribution in [2.75, 3.05) is 0 Å². The van der Waals surface area contributed by atoms with E-state index in [1.165, 1.54) is 11.3 Å².